The van der Waals surface area contributed by atoms with Crippen LogP contribution >= 0.6 is 0 Å². The van der Waals surface area contributed by atoms with Crippen molar-refractivity contribution < 1.29 is 9.18 Å². The minimum atomic E-state index is -0.272. The van der Waals surface area contributed by atoms with Gasteiger partial charge in [0.1, 0.15) is 5.82 Å². The number of carbonyl (C=O) groups excluding carboxylic acids is 1. The molecule has 0 N–H and O–H groups in total. The smallest absolute Gasteiger partial charge is 0.259 e. The van der Waals surface area contributed by atoms with Crippen LogP contribution in [0.5, 0.6) is 0 Å². The summed E-state index contributed by atoms with van der Waals surface area (Å²) >= 11 is 0. The molecule has 1 heterocycles. The molecule has 3 heteroatoms. The van der Waals surface area contributed by atoms with Gasteiger partial charge in [-0.2, -0.15) is 0 Å². The molecule has 2 nitrogen and oxygen atoms in total. The van der Waals surface area contributed by atoms with E-state index in [9.17, 15) is 9.18 Å². The molecule has 0 atom stereocenters. The van der Waals surface area contributed by atoms with Crippen LogP contribution in [0.25, 0.3) is 11.8 Å². The second-order valence-corrected chi connectivity index (χ2v) is 6.00. The predicted molar refractivity (Wildman–Crippen MR) is 97.0 cm³/mol. The maximum absolute atomic E-state index is 13.2. The molecule has 25 heavy (non-hydrogen) atoms. The van der Waals surface area contributed by atoms with Gasteiger partial charge in [-0.15, -0.1) is 0 Å². The Hall–Kier alpha value is -3.20. The molecule has 3 aromatic rings. The van der Waals surface area contributed by atoms with Crippen LogP contribution in [0.3, 0.4) is 0 Å². The van der Waals surface area contributed by atoms with Gasteiger partial charge in [0.2, 0.25) is 0 Å². The van der Waals surface area contributed by atoms with Crippen LogP contribution in [0.15, 0.2) is 78.9 Å². The first kappa shape index (κ1) is 15.3. The van der Waals surface area contributed by atoms with Gasteiger partial charge in [0.05, 0.1) is 12.2 Å². The van der Waals surface area contributed by atoms with Crippen molar-refractivity contribution >= 4 is 17.7 Å². The topological polar surface area (TPSA) is 20.3 Å². The van der Waals surface area contributed by atoms with Gasteiger partial charge < -0.3 is 4.90 Å². The third-order valence-electron chi connectivity index (χ3n) is 4.33. The molecule has 0 bridgehead atoms. The van der Waals surface area contributed by atoms with E-state index in [0.29, 0.717) is 12.1 Å². The lowest BCUT2D eigenvalue weighted by Crippen LogP contribution is -2.22. The van der Waals surface area contributed by atoms with Crippen LogP contribution in [-0.2, 0) is 6.54 Å². The van der Waals surface area contributed by atoms with Crippen molar-refractivity contribution in [2.45, 2.75) is 6.54 Å². The molecule has 0 saturated heterocycles. The van der Waals surface area contributed by atoms with E-state index in [-0.39, 0.29) is 11.7 Å². The summed E-state index contributed by atoms with van der Waals surface area (Å²) in [5.74, 6) is -0.279. The van der Waals surface area contributed by atoms with E-state index in [1.165, 1.54) is 12.1 Å². The Bertz CT molecular complexity index is 945. The molecule has 0 aromatic heterocycles. The minimum Gasteiger partial charge on any atom is -0.303 e. The SMILES string of the molecule is O=C1c2ccccc2/C(=C/c2ccc(F)cc2)N1Cc1ccccc1. The van der Waals surface area contributed by atoms with Crippen molar-refractivity contribution in [1.29, 1.82) is 0 Å². The Balaban J connectivity index is 1.78. The van der Waals surface area contributed by atoms with Crippen LogP contribution in [0.4, 0.5) is 4.39 Å². The minimum absolute atomic E-state index is 0.00665. The first-order chi connectivity index (χ1) is 12.2. The molecule has 1 amide bonds. The molecule has 4 rings (SSSR count). The Morgan fingerprint density at radius 2 is 1.44 bits per heavy atom. The van der Waals surface area contributed by atoms with Crippen LogP contribution in [0, 0.1) is 5.82 Å². The number of rotatable bonds is 3. The summed E-state index contributed by atoms with van der Waals surface area (Å²) < 4.78 is 13.2. The Kier molecular flexibility index (Phi) is 3.90. The molecule has 0 fully saturated rings. The number of amides is 1. The zero-order valence-corrected chi connectivity index (χ0v) is 13.5. The average molecular weight is 329 g/mol. The van der Waals surface area contributed by atoms with Gasteiger partial charge in [0.15, 0.2) is 0 Å². The molecular weight excluding hydrogens is 313 g/mol. The van der Waals surface area contributed by atoms with Crippen LogP contribution in [0.1, 0.15) is 27.0 Å². The van der Waals surface area contributed by atoms with Crippen molar-refractivity contribution in [3.05, 3.63) is 107 Å². The normalized spacial score (nSPS) is 14.8. The van der Waals surface area contributed by atoms with Gasteiger partial charge in [-0.05, 0) is 35.4 Å². The van der Waals surface area contributed by atoms with Crippen molar-refractivity contribution in [3.8, 4) is 0 Å². The van der Waals surface area contributed by atoms with Gasteiger partial charge >= 0.3 is 0 Å². The zero-order chi connectivity index (χ0) is 17.2. The molecule has 0 aliphatic carbocycles. The fraction of sp³-hybridized carbons (Fsp3) is 0.0455. The van der Waals surface area contributed by atoms with Crippen LogP contribution in [0.2, 0.25) is 0 Å². The standard InChI is InChI=1S/C22H16FNO/c23-18-12-10-16(11-13-18)14-21-19-8-4-5-9-20(19)22(25)24(21)15-17-6-2-1-3-7-17/h1-14H,15H2/b21-14-. The van der Waals surface area contributed by atoms with E-state index in [4.69, 9.17) is 0 Å². The first-order valence-electron chi connectivity index (χ1n) is 8.15. The number of fused-ring (bicyclic) bond motifs is 1. The molecule has 1 aliphatic rings. The summed E-state index contributed by atoms with van der Waals surface area (Å²) in [6, 6.07) is 23.8. The Morgan fingerprint density at radius 3 is 2.16 bits per heavy atom. The summed E-state index contributed by atoms with van der Waals surface area (Å²) in [5, 5.41) is 0. The van der Waals surface area contributed by atoms with Gasteiger partial charge in [-0.25, -0.2) is 4.39 Å². The van der Waals surface area contributed by atoms with Crippen LogP contribution in [-0.4, -0.2) is 10.8 Å². The van der Waals surface area contributed by atoms with Gasteiger partial charge in [-0.3, -0.25) is 4.79 Å². The van der Waals surface area contributed by atoms with E-state index < -0.39 is 0 Å². The summed E-state index contributed by atoms with van der Waals surface area (Å²) in [4.78, 5) is 14.7. The lowest BCUT2D eigenvalue weighted by molar-refractivity contribution is 0.0843. The maximum Gasteiger partial charge on any atom is 0.259 e. The van der Waals surface area contributed by atoms with Crippen molar-refractivity contribution in [3.63, 3.8) is 0 Å². The molecule has 0 spiro atoms. The van der Waals surface area contributed by atoms with E-state index >= 15 is 0 Å². The van der Waals surface area contributed by atoms with Crippen molar-refractivity contribution in [2.24, 2.45) is 0 Å². The number of hydrogen-bond donors (Lipinski definition) is 0. The second-order valence-electron chi connectivity index (χ2n) is 6.00. The lowest BCUT2D eigenvalue weighted by atomic mass is 10.1. The third kappa shape index (κ3) is 2.96. The summed E-state index contributed by atoms with van der Waals surface area (Å²) in [6.07, 6.45) is 1.94. The highest BCUT2D eigenvalue weighted by Gasteiger charge is 2.31. The number of nitrogens with zero attached hydrogens (tertiary/aromatic N) is 1. The Morgan fingerprint density at radius 1 is 0.800 bits per heavy atom. The number of benzene rings is 3. The fourth-order valence-electron chi connectivity index (χ4n) is 3.09. The number of hydrogen-bond acceptors (Lipinski definition) is 1. The number of carbonyl (C=O) groups is 1. The fourth-order valence-corrected chi connectivity index (χ4v) is 3.09. The quantitative estimate of drug-likeness (QED) is 0.663. The third-order valence-corrected chi connectivity index (χ3v) is 4.33. The van der Waals surface area contributed by atoms with E-state index in [0.717, 1.165) is 22.4 Å². The van der Waals surface area contributed by atoms with E-state index in [2.05, 4.69) is 0 Å². The summed E-state index contributed by atoms with van der Waals surface area (Å²) in [5.41, 5.74) is 4.38. The van der Waals surface area contributed by atoms with Gasteiger partial charge in [0, 0.05) is 11.1 Å². The monoisotopic (exact) mass is 329 g/mol. The molecule has 0 saturated carbocycles. The highest BCUT2D eigenvalue weighted by atomic mass is 19.1. The Labute approximate surface area is 145 Å². The summed E-state index contributed by atoms with van der Waals surface area (Å²) in [6.45, 7) is 0.501. The van der Waals surface area contributed by atoms with Crippen molar-refractivity contribution in [2.75, 3.05) is 0 Å². The van der Waals surface area contributed by atoms with Crippen LogP contribution < -0.4 is 0 Å². The van der Waals surface area contributed by atoms with E-state index in [1.54, 1.807) is 17.0 Å². The maximum atomic E-state index is 13.2. The molecule has 0 radical (unpaired) electrons. The molecule has 0 unspecified atom stereocenters. The predicted octanol–water partition coefficient (Wildman–Crippen LogP) is 4.98. The molecule has 1 aliphatic heterocycles. The molecule has 3 aromatic carbocycles. The molecule has 122 valence electrons. The largest absolute Gasteiger partial charge is 0.303 e. The highest BCUT2D eigenvalue weighted by Crippen LogP contribution is 2.35. The highest BCUT2D eigenvalue weighted by molar-refractivity contribution is 6.11. The van der Waals surface area contributed by atoms with Crippen molar-refractivity contribution in [1.82, 2.24) is 4.90 Å². The van der Waals surface area contributed by atoms with E-state index in [1.807, 2.05) is 60.7 Å². The number of halogens is 1. The average Bonchev–Trinajstić information content (AvgIpc) is 2.91. The second kappa shape index (κ2) is 6.36. The summed E-state index contributed by atoms with van der Waals surface area (Å²) in [7, 11) is 0. The van der Waals surface area contributed by atoms with Gasteiger partial charge in [0.25, 0.3) is 5.91 Å². The molecular formula is C22H16FNO. The first-order valence-corrected chi connectivity index (χ1v) is 8.15. The zero-order valence-electron chi connectivity index (χ0n) is 13.5. The lowest BCUT2D eigenvalue weighted by Gasteiger charge is -2.19. The van der Waals surface area contributed by atoms with Gasteiger partial charge in [-0.1, -0.05) is 60.7 Å².